The molecule has 0 unspecified atom stereocenters. The molecule has 0 amide bonds. The standard InChI is InChI=1S/C25H29F5O2/c1-3-4-5-6-16-7-9-17(10-8-16)18-11-12-20(23(15-18)31-2)19-13-21(26)24(22(27)14-19)32-25(28,29)30/h11-17H,3-10H2,1-2H3. The lowest BCUT2D eigenvalue weighted by Gasteiger charge is -2.29. The number of rotatable bonds is 8. The Morgan fingerprint density at radius 2 is 1.59 bits per heavy atom. The van der Waals surface area contributed by atoms with Crippen molar-refractivity contribution >= 4 is 0 Å². The lowest BCUT2D eigenvalue weighted by Crippen LogP contribution is -2.19. The molecule has 0 spiro atoms. The van der Waals surface area contributed by atoms with E-state index in [1.165, 1.54) is 45.6 Å². The molecule has 1 aliphatic rings. The summed E-state index contributed by atoms with van der Waals surface area (Å²) < 4.78 is 74.4. The van der Waals surface area contributed by atoms with E-state index in [1.54, 1.807) is 6.07 Å². The summed E-state index contributed by atoms with van der Waals surface area (Å²) in [5, 5.41) is 0. The van der Waals surface area contributed by atoms with Gasteiger partial charge in [0.25, 0.3) is 0 Å². The summed E-state index contributed by atoms with van der Waals surface area (Å²) in [6, 6.07) is 7.13. The molecule has 0 aliphatic heterocycles. The summed E-state index contributed by atoms with van der Waals surface area (Å²) in [6.45, 7) is 2.21. The second-order valence-electron chi connectivity index (χ2n) is 8.49. The van der Waals surface area contributed by atoms with E-state index >= 15 is 0 Å². The van der Waals surface area contributed by atoms with Gasteiger partial charge in [0, 0.05) is 5.56 Å². The molecule has 3 rings (SSSR count). The number of benzene rings is 2. The smallest absolute Gasteiger partial charge is 0.496 e. The maximum absolute atomic E-state index is 14.2. The Hall–Kier alpha value is -2.31. The predicted octanol–water partition coefficient (Wildman–Crippen LogP) is 8.39. The van der Waals surface area contributed by atoms with E-state index in [1.807, 2.05) is 12.1 Å². The zero-order valence-corrected chi connectivity index (χ0v) is 18.4. The molecule has 0 N–H and O–H groups in total. The first-order valence-electron chi connectivity index (χ1n) is 11.1. The van der Waals surface area contributed by atoms with Crippen LogP contribution in [0.25, 0.3) is 11.1 Å². The fraction of sp³-hybridized carbons (Fsp3) is 0.520. The van der Waals surface area contributed by atoms with Gasteiger partial charge in [-0.05, 0) is 66.8 Å². The van der Waals surface area contributed by atoms with Gasteiger partial charge in [0.15, 0.2) is 11.6 Å². The third-order valence-electron chi connectivity index (χ3n) is 6.29. The van der Waals surface area contributed by atoms with Crippen molar-refractivity contribution in [3.8, 4) is 22.6 Å². The van der Waals surface area contributed by atoms with E-state index in [4.69, 9.17) is 4.74 Å². The van der Waals surface area contributed by atoms with Crippen LogP contribution < -0.4 is 9.47 Å². The first-order chi connectivity index (χ1) is 15.2. The minimum atomic E-state index is -5.18. The highest BCUT2D eigenvalue weighted by atomic mass is 19.4. The van der Waals surface area contributed by atoms with Crippen LogP contribution in [0.2, 0.25) is 0 Å². The monoisotopic (exact) mass is 456 g/mol. The Morgan fingerprint density at radius 1 is 0.938 bits per heavy atom. The molecule has 176 valence electrons. The Labute approximate surface area is 185 Å². The van der Waals surface area contributed by atoms with Gasteiger partial charge in [-0.15, -0.1) is 13.2 Å². The molecule has 0 aromatic heterocycles. The summed E-state index contributed by atoms with van der Waals surface area (Å²) >= 11 is 0. The maximum atomic E-state index is 14.2. The molecule has 0 radical (unpaired) electrons. The van der Waals surface area contributed by atoms with Gasteiger partial charge in [-0.2, -0.15) is 0 Å². The van der Waals surface area contributed by atoms with Crippen molar-refractivity contribution in [2.24, 2.45) is 5.92 Å². The lowest BCUT2D eigenvalue weighted by molar-refractivity contribution is -0.276. The Morgan fingerprint density at radius 3 is 2.16 bits per heavy atom. The highest BCUT2D eigenvalue weighted by Gasteiger charge is 2.34. The normalized spacial score (nSPS) is 19.1. The van der Waals surface area contributed by atoms with Crippen molar-refractivity contribution in [3.63, 3.8) is 0 Å². The van der Waals surface area contributed by atoms with Crippen molar-refractivity contribution in [3.05, 3.63) is 47.5 Å². The van der Waals surface area contributed by atoms with Gasteiger partial charge < -0.3 is 9.47 Å². The molecule has 1 aliphatic carbocycles. The quantitative estimate of drug-likeness (QED) is 0.293. The third kappa shape index (κ3) is 6.14. The van der Waals surface area contributed by atoms with E-state index in [0.717, 1.165) is 36.5 Å². The van der Waals surface area contributed by atoms with Crippen molar-refractivity contribution in [2.45, 2.75) is 70.6 Å². The van der Waals surface area contributed by atoms with Gasteiger partial charge in [0.05, 0.1) is 7.11 Å². The van der Waals surface area contributed by atoms with Crippen LogP contribution in [0.15, 0.2) is 30.3 Å². The van der Waals surface area contributed by atoms with Gasteiger partial charge in [-0.25, -0.2) is 8.78 Å². The molecule has 0 bridgehead atoms. The van der Waals surface area contributed by atoms with Crippen LogP contribution in [0.5, 0.6) is 11.5 Å². The number of ether oxygens (including phenoxy) is 2. The Kier molecular flexibility index (Phi) is 8.01. The molecule has 7 heteroatoms. The molecule has 32 heavy (non-hydrogen) atoms. The van der Waals surface area contributed by atoms with Gasteiger partial charge in [-0.3, -0.25) is 0 Å². The van der Waals surface area contributed by atoms with Crippen LogP contribution >= 0.6 is 0 Å². The predicted molar refractivity (Wildman–Crippen MR) is 114 cm³/mol. The summed E-state index contributed by atoms with van der Waals surface area (Å²) in [4.78, 5) is 0. The zero-order valence-electron chi connectivity index (χ0n) is 18.4. The Balaban J connectivity index is 1.76. The fourth-order valence-corrected chi connectivity index (χ4v) is 4.60. The molecule has 2 aromatic carbocycles. The summed E-state index contributed by atoms with van der Waals surface area (Å²) in [6.07, 6.45) is 4.46. The average molecular weight is 456 g/mol. The summed E-state index contributed by atoms with van der Waals surface area (Å²) in [5.41, 5.74) is 1.59. The van der Waals surface area contributed by atoms with Crippen molar-refractivity contribution in [1.82, 2.24) is 0 Å². The zero-order chi connectivity index (χ0) is 23.3. The molecule has 0 saturated heterocycles. The molecular weight excluding hydrogens is 427 g/mol. The number of alkyl halides is 3. The topological polar surface area (TPSA) is 18.5 Å². The maximum Gasteiger partial charge on any atom is 0.573 e. The molecular formula is C25H29F5O2. The number of halogens is 5. The lowest BCUT2D eigenvalue weighted by atomic mass is 9.77. The molecule has 2 aromatic rings. The van der Waals surface area contributed by atoms with Gasteiger partial charge in [-0.1, -0.05) is 44.7 Å². The molecule has 0 heterocycles. The largest absolute Gasteiger partial charge is 0.573 e. The second-order valence-corrected chi connectivity index (χ2v) is 8.49. The van der Waals surface area contributed by atoms with Crippen LogP contribution in [0, 0.1) is 17.6 Å². The van der Waals surface area contributed by atoms with Crippen LogP contribution in [0.3, 0.4) is 0 Å². The minimum absolute atomic E-state index is 0.0811. The van der Waals surface area contributed by atoms with E-state index in [2.05, 4.69) is 11.7 Å². The number of methoxy groups -OCH3 is 1. The highest BCUT2D eigenvalue weighted by molar-refractivity contribution is 5.72. The molecule has 1 saturated carbocycles. The van der Waals surface area contributed by atoms with E-state index in [9.17, 15) is 22.0 Å². The molecule has 1 fully saturated rings. The minimum Gasteiger partial charge on any atom is -0.496 e. The van der Waals surface area contributed by atoms with E-state index in [0.29, 0.717) is 17.2 Å². The number of hydrogen-bond donors (Lipinski definition) is 0. The molecule has 0 atom stereocenters. The molecule has 2 nitrogen and oxygen atoms in total. The number of hydrogen-bond acceptors (Lipinski definition) is 2. The second kappa shape index (κ2) is 10.5. The van der Waals surface area contributed by atoms with Crippen LogP contribution in [0.1, 0.15) is 69.8 Å². The van der Waals surface area contributed by atoms with E-state index in [-0.39, 0.29) is 5.56 Å². The first kappa shape index (κ1) is 24.3. The average Bonchev–Trinajstić information content (AvgIpc) is 2.76. The van der Waals surface area contributed by atoms with Crippen molar-refractivity contribution in [1.29, 1.82) is 0 Å². The van der Waals surface area contributed by atoms with Crippen LogP contribution in [-0.2, 0) is 0 Å². The van der Waals surface area contributed by atoms with Crippen molar-refractivity contribution < 1.29 is 31.4 Å². The van der Waals surface area contributed by atoms with Crippen LogP contribution in [0.4, 0.5) is 22.0 Å². The third-order valence-corrected chi connectivity index (χ3v) is 6.29. The first-order valence-corrected chi connectivity index (χ1v) is 11.1. The highest BCUT2D eigenvalue weighted by Crippen LogP contribution is 2.41. The fourth-order valence-electron chi connectivity index (χ4n) is 4.60. The van der Waals surface area contributed by atoms with Crippen LogP contribution in [-0.4, -0.2) is 13.5 Å². The van der Waals surface area contributed by atoms with Crippen molar-refractivity contribution in [2.75, 3.05) is 7.11 Å². The Bertz CT molecular complexity index is 879. The summed E-state index contributed by atoms with van der Waals surface area (Å²) in [7, 11) is 1.46. The summed E-state index contributed by atoms with van der Waals surface area (Å²) in [5.74, 6) is -2.71. The van der Waals surface area contributed by atoms with Gasteiger partial charge in [0.2, 0.25) is 5.75 Å². The number of unbranched alkanes of at least 4 members (excludes halogenated alkanes) is 2. The van der Waals surface area contributed by atoms with Gasteiger partial charge >= 0.3 is 6.36 Å². The SMILES string of the molecule is CCCCCC1CCC(c2ccc(-c3cc(F)c(OC(F)(F)F)c(F)c3)c(OC)c2)CC1. The van der Waals surface area contributed by atoms with E-state index < -0.39 is 23.7 Å². The van der Waals surface area contributed by atoms with Gasteiger partial charge in [0.1, 0.15) is 5.75 Å².